The van der Waals surface area contributed by atoms with Crippen molar-refractivity contribution in [1.82, 2.24) is 0 Å². The molecule has 1 N–H and O–H groups in total. The first-order valence-corrected chi connectivity index (χ1v) is 15.8. The number of allylic oxidation sites excluding steroid dienone is 4. The molecule has 4 rings (SSSR count). The van der Waals surface area contributed by atoms with Crippen molar-refractivity contribution in [2.75, 3.05) is 0 Å². The predicted octanol–water partition coefficient (Wildman–Crippen LogP) is 5.64. The van der Waals surface area contributed by atoms with E-state index in [1.807, 2.05) is 24.3 Å². The average Bonchev–Trinajstić information content (AvgIpc) is 3.03. The van der Waals surface area contributed by atoms with Gasteiger partial charge in [-0.25, -0.2) is 0 Å². The summed E-state index contributed by atoms with van der Waals surface area (Å²) in [4.78, 5) is 18.0. The topological polar surface area (TPSA) is 49.7 Å². The number of halogens is 1. The number of carbonyl (C=O) groups excluding carboxylic acids is 1. The second-order valence-electron chi connectivity index (χ2n) is 10.5. The molecule has 0 radical (unpaired) electrons. The summed E-state index contributed by atoms with van der Waals surface area (Å²) in [6.45, 7) is 14.0. The van der Waals surface area contributed by atoms with E-state index in [1.165, 1.54) is 11.6 Å². The number of rotatable bonds is 1. The molecular formula is C24H30INO2SeSi. The van der Waals surface area contributed by atoms with Crippen LogP contribution in [0.5, 0.6) is 5.75 Å². The Morgan fingerprint density at radius 3 is 2.33 bits per heavy atom. The number of aromatic hydroxyl groups is 1. The number of hydrogen-bond donors (Lipinski definition) is 1. The maximum atomic E-state index is 12.6. The number of carbonyl (C=O) groups is 1. The number of aliphatic imine (C=N–C) groups is 1. The monoisotopic (exact) mass is 599 g/mol. The summed E-state index contributed by atoms with van der Waals surface area (Å²) in [5, 5.41) is 13.5. The number of alkyl halides is 1. The van der Waals surface area contributed by atoms with Gasteiger partial charge in [-0.15, -0.1) is 0 Å². The molecule has 0 aromatic heterocycles. The summed E-state index contributed by atoms with van der Waals surface area (Å²) in [6.07, 6.45) is 7.75. The van der Waals surface area contributed by atoms with E-state index >= 15 is 0 Å². The average molecular weight is 598 g/mol. The Labute approximate surface area is 200 Å². The minimum atomic E-state index is -2.57. The molecule has 2 atom stereocenters. The molecule has 2 heterocycles. The molecule has 1 aromatic rings. The van der Waals surface area contributed by atoms with E-state index in [0.717, 1.165) is 28.6 Å². The summed E-state index contributed by atoms with van der Waals surface area (Å²) in [6, 6.07) is 3.86. The predicted molar refractivity (Wildman–Crippen MR) is 138 cm³/mol. The molecule has 1 saturated heterocycles. The van der Waals surface area contributed by atoms with Crippen molar-refractivity contribution >= 4 is 68.0 Å². The van der Waals surface area contributed by atoms with Gasteiger partial charge in [-0.05, 0) is 0 Å². The molecule has 0 amide bonds. The van der Waals surface area contributed by atoms with E-state index in [9.17, 15) is 9.90 Å². The van der Waals surface area contributed by atoms with Crippen molar-refractivity contribution in [2.24, 2.45) is 4.99 Å². The van der Waals surface area contributed by atoms with Crippen LogP contribution in [0.3, 0.4) is 0 Å². The molecule has 30 heavy (non-hydrogen) atoms. The number of phenols is 1. The summed E-state index contributed by atoms with van der Waals surface area (Å²) >= 11 is 3.03. The van der Waals surface area contributed by atoms with Crippen LogP contribution in [0, 0.1) is 0 Å². The zero-order valence-corrected chi connectivity index (χ0v) is 23.4. The van der Waals surface area contributed by atoms with Crippen LogP contribution >= 0.6 is 22.6 Å². The molecule has 2 unspecified atom stereocenters. The van der Waals surface area contributed by atoms with Gasteiger partial charge < -0.3 is 0 Å². The van der Waals surface area contributed by atoms with Crippen LogP contribution in [0.1, 0.15) is 64.8 Å². The molecule has 1 fully saturated rings. The normalized spacial score (nSPS) is 25.5. The van der Waals surface area contributed by atoms with E-state index in [-0.39, 0.29) is 15.9 Å². The molecule has 0 bridgehead atoms. The van der Waals surface area contributed by atoms with Gasteiger partial charge >= 0.3 is 202 Å². The first-order chi connectivity index (χ1) is 13.9. The Morgan fingerprint density at radius 2 is 1.77 bits per heavy atom. The molecule has 3 aliphatic rings. The van der Waals surface area contributed by atoms with Gasteiger partial charge in [0.2, 0.25) is 0 Å². The number of phenolic OH excluding ortho intramolecular Hbond substituents is 1. The first-order valence-electron chi connectivity index (χ1n) is 10.6. The molecule has 0 spiro atoms. The van der Waals surface area contributed by atoms with Crippen molar-refractivity contribution in [1.29, 1.82) is 0 Å². The Kier molecular flexibility index (Phi) is 5.57. The number of hydrogen-bond acceptors (Lipinski definition) is 3. The number of nitrogens with zero attached hydrogens (tertiary/aromatic N) is 1. The van der Waals surface area contributed by atoms with E-state index in [2.05, 4.69) is 64.1 Å². The fourth-order valence-electron chi connectivity index (χ4n) is 6.08. The molecule has 160 valence electrons. The van der Waals surface area contributed by atoms with Gasteiger partial charge in [0.15, 0.2) is 0 Å². The van der Waals surface area contributed by atoms with Crippen molar-refractivity contribution in [3.8, 4) is 5.75 Å². The summed E-state index contributed by atoms with van der Waals surface area (Å²) in [5.41, 5.74) is 3.10. The molecule has 6 heteroatoms. The van der Waals surface area contributed by atoms with Crippen LogP contribution in [0.2, 0.25) is 10.1 Å². The molecule has 1 aliphatic carbocycles. The van der Waals surface area contributed by atoms with Gasteiger partial charge in [0, 0.05) is 0 Å². The molecule has 1 aromatic carbocycles. The number of fused-ring (bicyclic) bond motifs is 2. The standard InChI is InChI=1S/C24H30INO2SeSi/c1-23(2,3)30(24(4,5)6)19-13-14(27)7-8-15(19)26-16-9-10-17(28)21(22(16)30)18-11-12-20(25)29-18/h7-10,13,18,20,28H,11-12H2,1-6H3. The van der Waals surface area contributed by atoms with Gasteiger partial charge in [0.1, 0.15) is 0 Å². The van der Waals surface area contributed by atoms with Gasteiger partial charge in [0.25, 0.3) is 0 Å². The Morgan fingerprint density at radius 1 is 1.10 bits per heavy atom. The first kappa shape index (κ1) is 22.5. The summed E-state index contributed by atoms with van der Waals surface area (Å²) < 4.78 is 0.705. The third kappa shape index (κ3) is 3.25. The van der Waals surface area contributed by atoms with Gasteiger partial charge in [-0.1, -0.05) is 0 Å². The van der Waals surface area contributed by atoms with E-state index in [1.54, 1.807) is 6.08 Å². The quantitative estimate of drug-likeness (QED) is 0.197. The second-order valence-corrected chi connectivity index (χ2v) is 22.4. The van der Waals surface area contributed by atoms with E-state index in [0.29, 0.717) is 28.3 Å². The molecule has 3 nitrogen and oxygen atoms in total. The Hall–Kier alpha value is -0.694. The number of benzene rings is 1. The van der Waals surface area contributed by atoms with Gasteiger partial charge in [0.05, 0.1) is 0 Å². The Balaban J connectivity index is 2.17. The SMILES string of the molecule is CC(C)(C)[Si]1(C(C)(C)C)C2=CC(=O)C=CC2=Nc2ccc(O)c(C3CCC(I)[Se]3)c21. The van der Waals surface area contributed by atoms with Gasteiger partial charge in [-0.3, -0.25) is 0 Å². The van der Waals surface area contributed by atoms with Crippen molar-refractivity contribution in [3.63, 3.8) is 0 Å². The molecule has 2 aliphatic heterocycles. The van der Waals surface area contributed by atoms with Crippen LogP contribution in [-0.4, -0.2) is 42.5 Å². The molecular weight excluding hydrogens is 568 g/mol. The van der Waals surface area contributed by atoms with Crippen LogP contribution in [0.4, 0.5) is 5.69 Å². The van der Waals surface area contributed by atoms with Crippen LogP contribution in [0.25, 0.3) is 0 Å². The van der Waals surface area contributed by atoms with E-state index < -0.39 is 8.07 Å². The van der Waals surface area contributed by atoms with Crippen LogP contribution in [0.15, 0.2) is 40.5 Å². The van der Waals surface area contributed by atoms with Crippen molar-refractivity contribution in [2.45, 2.75) is 72.1 Å². The fourth-order valence-corrected chi connectivity index (χ4v) is 18.9. The zero-order valence-electron chi connectivity index (χ0n) is 18.5. The minimum absolute atomic E-state index is 0.0527. The van der Waals surface area contributed by atoms with Crippen LogP contribution in [-0.2, 0) is 4.79 Å². The number of ketones is 1. The summed E-state index contributed by atoms with van der Waals surface area (Å²) in [7, 11) is -2.57. The fraction of sp³-hybridized carbons (Fsp3) is 0.500. The van der Waals surface area contributed by atoms with Gasteiger partial charge in [-0.2, -0.15) is 0 Å². The Bertz CT molecular complexity index is 999. The van der Waals surface area contributed by atoms with E-state index in [4.69, 9.17) is 4.99 Å². The van der Waals surface area contributed by atoms with Crippen molar-refractivity contribution < 1.29 is 9.90 Å². The summed E-state index contributed by atoms with van der Waals surface area (Å²) in [5.74, 6) is 0.477. The third-order valence-corrected chi connectivity index (χ3v) is 18.7. The zero-order chi connectivity index (χ0) is 22.1. The van der Waals surface area contributed by atoms with Crippen molar-refractivity contribution in [3.05, 3.63) is 41.1 Å². The second kappa shape index (κ2) is 7.43. The molecule has 0 saturated carbocycles. The van der Waals surface area contributed by atoms with Crippen LogP contribution < -0.4 is 5.19 Å². The third-order valence-electron chi connectivity index (χ3n) is 6.73. The maximum absolute atomic E-state index is 12.6.